The number of carboxylic acids is 1. The van der Waals surface area contributed by atoms with E-state index in [0.29, 0.717) is 6.42 Å². The molecule has 0 spiro atoms. The number of halogens is 1. The Morgan fingerprint density at radius 3 is 2.76 bits per heavy atom. The smallest absolute Gasteiger partial charge is 0.326 e. The molecule has 0 saturated carbocycles. The first-order valence-electron chi connectivity index (χ1n) is 7.59. The molecule has 0 aliphatic carbocycles. The zero-order valence-electron chi connectivity index (χ0n) is 13.2. The largest absolute Gasteiger partial charge is 0.480 e. The molecule has 1 aromatic carbocycles. The molecule has 0 radical (unpaired) electrons. The lowest BCUT2D eigenvalue weighted by molar-refractivity contribution is -0.139. The van der Waals surface area contributed by atoms with E-state index in [4.69, 9.17) is 0 Å². The van der Waals surface area contributed by atoms with Crippen LogP contribution in [0.4, 0.5) is 10.1 Å². The van der Waals surface area contributed by atoms with E-state index < -0.39 is 12.0 Å². The van der Waals surface area contributed by atoms with Gasteiger partial charge in [-0.25, -0.2) is 9.18 Å². The lowest BCUT2D eigenvalue weighted by Crippen LogP contribution is -2.56. The number of nitrogens with zero attached hydrogens (tertiary/aromatic N) is 1. The monoisotopic (exact) mass is 293 g/mol. The van der Waals surface area contributed by atoms with Crippen molar-refractivity contribution in [3.05, 3.63) is 29.6 Å². The van der Waals surface area contributed by atoms with Gasteiger partial charge in [-0.05, 0) is 56.4 Å². The molecule has 1 aliphatic rings. The van der Waals surface area contributed by atoms with Gasteiger partial charge in [-0.2, -0.15) is 0 Å². The number of benzene rings is 1. The molecule has 0 unspecified atom stereocenters. The number of hydrogen-bond donors (Lipinski definition) is 1. The van der Waals surface area contributed by atoms with Crippen LogP contribution in [0.15, 0.2) is 18.2 Å². The number of aliphatic carboxylic acids is 1. The predicted octanol–water partition coefficient (Wildman–Crippen LogP) is 4.17. The molecule has 116 valence electrons. The third-order valence-corrected chi connectivity index (χ3v) is 4.40. The minimum Gasteiger partial charge on any atom is -0.480 e. The van der Waals surface area contributed by atoms with Gasteiger partial charge in [0, 0.05) is 11.2 Å². The zero-order chi connectivity index (χ0) is 15.8. The Hall–Kier alpha value is -1.58. The summed E-state index contributed by atoms with van der Waals surface area (Å²) in [5.41, 5.74) is 1.51. The molecule has 1 N–H and O–H groups in total. The molecule has 21 heavy (non-hydrogen) atoms. The van der Waals surface area contributed by atoms with E-state index in [1.54, 1.807) is 12.1 Å². The van der Waals surface area contributed by atoms with E-state index in [2.05, 4.69) is 20.8 Å². The summed E-state index contributed by atoms with van der Waals surface area (Å²) < 4.78 is 13.6. The topological polar surface area (TPSA) is 40.5 Å². The average molecular weight is 293 g/mol. The summed E-state index contributed by atoms with van der Waals surface area (Å²) in [6, 6.07) is 4.13. The highest BCUT2D eigenvalue weighted by molar-refractivity contribution is 5.80. The lowest BCUT2D eigenvalue weighted by atomic mass is 9.78. The van der Waals surface area contributed by atoms with E-state index in [9.17, 15) is 14.3 Å². The molecule has 0 amide bonds. The van der Waals surface area contributed by atoms with Gasteiger partial charge >= 0.3 is 5.97 Å². The maximum atomic E-state index is 13.6. The third-order valence-electron chi connectivity index (χ3n) is 4.40. The number of carbonyl (C=O) groups is 1. The third kappa shape index (κ3) is 2.89. The van der Waals surface area contributed by atoms with Crippen LogP contribution in [-0.2, 0) is 4.79 Å². The molecule has 0 bridgehead atoms. The van der Waals surface area contributed by atoms with Gasteiger partial charge in [-0.1, -0.05) is 20.3 Å². The Balaban J connectivity index is 2.56. The van der Waals surface area contributed by atoms with Gasteiger partial charge in [-0.15, -0.1) is 0 Å². The Labute approximate surface area is 125 Å². The highest BCUT2D eigenvalue weighted by Gasteiger charge is 2.42. The van der Waals surface area contributed by atoms with Crippen molar-refractivity contribution in [2.75, 3.05) is 4.90 Å². The molecule has 1 aromatic rings. The van der Waals surface area contributed by atoms with E-state index >= 15 is 0 Å². The minimum absolute atomic E-state index is 0.220. The van der Waals surface area contributed by atoms with Crippen molar-refractivity contribution in [3.8, 4) is 0 Å². The van der Waals surface area contributed by atoms with E-state index in [0.717, 1.165) is 24.1 Å². The van der Waals surface area contributed by atoms with E-state index in [1.165, 1.54) is 6.07 Å². The molecule has 0 saturated heterocycles. The second kappa shape index (κ2) is 5.66. The van der Waals surface area contributed by atoms with Crippen LogP contribution >= 0.6 is 0 Å². The molecule has 3 nitrogen and oxygen atoms in total. The summed E-state index contributed by atoms with van der Waals surface area (Å²) in [6.45, 7) is 8.21. The quantitative estimate of drug-likeness (QED) is 0.905. The second-order valence-electron chi connectivity index (χ2n) is 6.63. The Kier molecular flexibility index (Phi) is 4.26. The van der Waals surface area contributed by atoms with Crippen molar-refractivity contribution < 1.29 is 14.3 Å². The van der Waals surface area contributed by atoms with Crippen LogP contribution in [0.5, 0.6) is 0 Å². The number of carboxylic acid groups (broad SMARTS) is 1. The number of fused-ring (bicyclic) bond motifs is 1. The first kappa shape index (κ1) is 15.8. The Morgan fingerprint density at radius 2 is 2.19 bits per heavy atom. The maximum absolute atomic E-state index is 13.6. The molecule has 1 aliphatic heterocycles. The maximum Gasteiger partial charge on any atom is 0.326 e. The first-order chi connectivity index (χ1) is 9.77. The normalized spacial score (nSPS) is 21.8. The molecular formula is C17H24FNO2. The van der Waals surface area contributed by atoms with Gasteiger partial charge in [0.2, 0.25) is 0 Å². The van der Waals surface area contributed by atoms with Crippen LogP contribution in [-0.4, -0.2) is 22.7 Å². The Bertz CT molecular complexity index is 542. The SMILES string of the molecule is CCC[C@H](C(=O)O)N1c2ccc(F)cc2[C@H](C)CC1(C)C. The number of rotatable bonds is 4. The summed E-state index contributed by atoms with van der Waals surface area (Å²) in [7, 11) is 0. The highest BCUT2D eigenvalue weighted by Crippen LogP contribution is 2.45. The van der Waals surface area contributed by atoms with Gasteiger partial charge in [0.15, 0.2) is 0 Å². The Morgan fingerprint density at radius 1 is 1.52 bits per heavy atom. The van der Waals surface area contributed by atoms with Crippen molar-refractivity contribution in [3.63, 3.8) is 0 Å². The zero-order valence-corrected chi connectivity index (χ0v) is 13.2. The summed E-state index contributed by atoms with van der Waals surface area (Å²) in [4.78, 5) is 13.7. The summed E-state index contributed by atoms with van der Waals surface area (Å²) in [6.07, 6.45) is 2.20. The number of anilines is 1. The van der Waals surface area contributed by atoms with E-state index in [-0.39, 0.29) is 17.3 Å². The van der Waals surface area contributed by atoms with Gasteiger partial charge < -0.3 is 10.0 Å². The molecule has 2 atom stereocenters. The summed E-state index contributed by atoms with van der Waals surface area (Å²) in [5, 5.41) is 9.62. The van der Waals surface area contributed by atoms with Crippen molar-refractivity contribution in [1.29, 1.82) is 0 Å². The molecule has 4 heteroatoms. The van der Waals surface area contributed by atoms with Gasteiger partial charge in [0.05, 0.1) is 0 Å². The molecule has 1 heterocycles. The summed E-state index contributed by atoms with van der Waals surface area (Å²) in [5.74, 6) is -0.851. The molecule has 2 rings (SSSR count). The molecular weight excluding hydrogens is 269 g/mol. The van der Waals surface area contributed by atoms with Crippen LogP contribution < -0.4 is 4.90 Å². The fourth-order valence-corrected chi connectivity index (χ4v) is 3.65. The standard InChI is InChI=1S/C17H24FNO2/c1-5-6-15(16(20)21)19-14-8-7-12(18)9-13(14)11(2)10-17(19,3)4/h7-9,11,15H,5-6,10H2,1-4H3,(H,20,21)/t11-,15-/m1/s1. The first-order valence-corrected chi connectivity index (χ1v) is 7.59. The van der Waals surface area contributed by atoms with E-state index in [1.807, 2.05) is 11.8 Å². The van der Waals surface area contributed by atoms with Crippen LogP contribution in [0.3, 0.4) is 0 Å². The lowest BCUT2D eigenvalue weighted by Gasteiger charge is -2.50. The van der Waals surface area contributed by atoms with Crippen molar-refractivity contribution in [2.45, 2.75) is 64.5 Å². The fourth-order valence-electron chi connectivity index (χ4n) is 3.65. The average Bonchev–Trinajstić information content (AvgIpc) is 2.37. The van der Waals surface area contributed by atoms with Crippen LogP contribution in [0, 0.1) is 5.82 Å². The highest BCUT2D eigenvalue weighted by atomic mass is 19.1. The fraction of sp³-hybridized carbons (Fsp3) is 0.588. The van der Waals surface area contributed by atoms with Crippen LogP contribution in [0.2, 0.25) is 0 Å². The number of hydrogen-bond acceptors (Lipinski definition) is 2. The molecule has 0 aromatic heterocycles. The van der Waals surface area contributed by atoms with Crippen LogP contribution in [0.25, 0.3) is 0 Å². The van der Waals surface area contributed by atoms with Gasteiger partial charge in [-0.3, -0.25) is 0 Å². The molecule has 0 fully saturated rings. The summed E-state index contributed by atoms with van der Waals surface area (Å²) >= 11 is 0. The van der Waals surface area contributed by atoms with Crippen molar-refractivity contribution >= 4 is 11.7 Å². The van der Waals surface area contributed by atoms with Gasteiger partial charge in [0.1, 0.15) is 11.9 Å². The van der Waals surface area contributed by atoms with Gasteiger partial charge in [0.25, 0.3) is 0 Å². The predicted molar refractivity (Wildman–Crippen MR) is 82.3 cm³/mol. The van der Waals surface area contributed by atoms with Crippen molar-refractivity contribution in [2.24, 2.45) is 0 Å². The minimum atomic E-state index is -0.810. The van der Waals surface area contributed by atoms with Crippen molar-refractivity contribution in [1.82, 2.24) is 0 Å². The second-order valence-corrected chi connectivity index (χ2v) is 6.63. The van der Waals surface area contributed by atoms with Crippen LogP contribution in [0.1, 0.15) is 58.4 Å².